The van der Waals surface area contributed by atoms with Crippen LogP contribution in [0.25, 0.3) is 17.4 Å². The van der Waals surface area contributed by atoms with Gasteiger partial charge in [0.15, 0.2) is 5.78 Å². The van der Waals surface area contributed by atoms with E-state index in [1.807, 2.05) is 0 Å². The van der Waals surface area contributed by atoms with Crippen LogP contribution in [-0.4, -0.2) is 40.2 Å². The Morgan fingerprint density at radius 1 is 1.15 bits per heavy atom. The molecule has 8 nitrogen and oxygen atoms in total. The van der Waals surface area contributed by atoms with Gasteiger partial charge in [-0.05, 0) is 19.1 Å². The van der Waals surface area contributed by atoms with Gasteiger partial charge >= 0.3 is 12.0 Å². The van der Waals surface area contributed by atoms with Gasteiger partial charge in [-0.15, -0.1) is 0 Å². The first kappa shape index (κ1) is 17.2. The van der Waals surface area contributed by atoms with E-state index in [1.165, 1.54) is 13.0 Å². The van der Waals surface area contributed by atoms with Crippen LogP contribution in [0.5, 0.6) is 0 Å². The number of aliphatic carboxylic acids is 1. The van der Waals surface area contributed by atoms with Crippen LogP contribution in [0.3, 0.4) is 0 Å². The molecule has 0 atom stereocenters. The highest BCUT2D eigenvalue weighted by atomic mass is 16.4. The fourth-order valence-electron chi connectivity index (χ4n) is 2.45. The van der Waals surface area contributed by atoms with Crippen molar-refractivity contribution in [3.05, 3.63) is 53.4 Å². The number of carboxylic acid groups (broad SMARTS) is 1. The van der Waals surface area contributed by atoms with Crippen molar-refractivity contribution in [2.45, 2.75) is 6.92 Å². The number of Topliss-reactive ketones (excluding diaryl/α,β-unsaturated/α-hetero) is 1. The molecule has 0 spiro atoms. The van der Waals surface area contributed by atoms with Gasteiger partial charge in [0.05, 0.1) is 0 Å². The third-order valence-electron chi connectivity index (χ3n) is 3.75. The van der Waals surface area contributed by atoms with Crippen molar-refractivity contribution < 1.29 is 28.7 Å². The minimum absolute atomic E-state index is 0.0391. The molecule has 132 valence electrons. The maximum absolute atomic E-state index is 12.1. The Morgan fingerprint density at radius 3 is 2.46 bits per heavy atom. The topological polar surface area (TPSA) is 117 Å². The number of rotatable bonds is 5. The third kappa shape index (κ3) is 3.39. The van der Waals surface area contributed by atoms with Gasteiger partial charge in [0.2, 0.25) is 0 Å². The van der Waals surface area contributed by atoms with E-state index in [9.17, 15) is 19.2 Å². The zero-order valence-electron chi connectivity index (χ0n) is 13.7. The number of benzene rings is 1. The van der Waals surface area contributed by atoms with Gasteiger partial charge in [0.25, 0.3) is 5.91 Å². The Bertz CT molecular complexity index is 939. The van der Waals surface area contributed by atoms with Crippen molar-refractivity contribution in [2.75, 3.05) is 6.54 Å². The van der Waals surface area contributed by atoms with E-state index < -0.39 is 24.5 Å². The van der Waals surface area contributed by atoms with Gasteiger partial charge in [0.1, 0.15) is 23.8 Å². The number of amides is 3. The molecule has 2 heterocycles. The van der Waals surface area contributed by atoms with Crippen molar-refractivity contribution in [2.24, 2.45) is 0 Å². The number of carbonyl (C=O) groups excluding carboxylic acids is 3. The van der Waals surface area contributed by atoms with Crippen molar-refractivity contribution >= 4 is 29.8 Å². The molecule has 0 bridgehead atoms. The van der Waals surface area contributed by atoms with Crippen molar-refractivity contribution in [1.82, 2.24) is 10.2 Å². The van der Waals surface area contributed by atoms with E-state index in [2.05, 4.69) is 5.32 Å². The fourth-order valence-corrected chi connectivity index (χ4v) is 2.45. The summed E-state index contributed by atoms with van der Waals surface area (Å²) in [5.41, 5.74) is 1.26. The highest BCUT2D eigenvalue weighted by Crippen LogP contribution is 2.24. The van der Waals surface area contributed by atoms with E-state index in [-0.39, 0.29) is 11.5 Å². The van der Waals surface area contributed by atoms with E-state index in [1.54, 1.807) is 36.4 Å². The molecule has 1 aliphatic rings. The lowest BCUT2D eigenvalue weighted by Crippen LogP contribution is -2.35. The zero-order chi connectivity index (χ0) is 18.8. The average molecular weight is 354 g/mol. The Hall–Kier alpha value is -3.68. The largest absolute Gasteiger partial charge is 0.480 e. The fraction of sp³-hybridized carbons (Fsp3) is 0.111. The smallest absolute Gasteiger partial charge is 0.329 e. The molecule has 1 aromatic heterocycles. The molecule has 2 aromatic rings. The van der Waals surface area contributed by atoms with E-state index in [0.717, 1.165) is 5.56 Å². The molecule has 0 aliphatic carbocycles. The van der Waals surface area contributed by atoms with E-state index in [0.29, 0.717) is 22.0 Å². The highest BCUT2D eigenvalue weighted by Gasteiger charge is 2.35. The molecule has 0 radical (unpaired) electrons. The van der Waals surface area contributed by atoms with Gasteiger partial charge < -0.3 is 14.8 Å². The molecule has 0 unspecified atom stereocenters. The second kappa shape index (κ2) is 6.67. The monoisotopic (exact) mass is 354 g/mol. The van der Waals surface area contributed by atoms with Crippen LogP contribution >= 0.6 is 0 Å². The van der Waals surface area contributed by atoms with Gasteiger partial charge in [0, 0.05) is 17.2 Å². The number of imide groups is 1. The van der Waals surface area contributed by atoms with Gasteiger partial charge in [-0.3, -0.25) is 14.4 Å². The summed E-state index contributed by atoms with van der Waals surface area (Å²) in [6.45, 7) is 0.765. The summed E-state index contributed by atoms with van der Waals surface area (Å²) in [7, 11) is 0. The lowest BCUT2D eigenvalue weighted by molar-refractivity contribution is -0.140. The molecule has 2 N–H and O–H groups in total. The maximum Gasteiger partial charge on any atom is 0.329 e. The normalized spacial score (nSPS) is 15.4. The summed E-state index contributed by atoms with van der Waals surface area (Å²) in [5.74, 6) is -1.23. The molecular weight excluding hydrogens is 340 g/mol. The van der Waals surface area contributed by atoms with Crippen LogP contribution in [0.15, 0.2) is 46.5 Å². The molecule has 8 heteroatoms. The standard InChI is InChI=1S/C18H14N2O6/c1-10(21)11-2-4-12(5-3-11)15-7-6-13(26-15)8-14-17(24)20(9-16(22)23)18(25)19-14/h2-8H,9H2,1H3,(H,19,25)(H,22,23)/b14-8+. The van der Waals surface area contributed by atoms with Gasteiger partial charge in [-0.2, -0.15) is 0 Å². The number of ketones is 1. The third-order valence-corrected chi connectivity index (χ3v) is 3.75. The maximum atomic E-state index is 12.1. The average Bonchev–Trinajstić information content (AvgIpc) is 3.15. The predicted molar refractivity (Wildman–Crippen MR) is 90.0 cm³/mol. The van der Waals surface area contributed by atoms with Crippen LogP contribution in [0.2, 0.25) is 0 Å². The molecule has 1 aromatic carbocycles. The second-order valence-electron chi connectivity index (χ2n) is 5.61. The van der Waals surface area contributed by atoms with Crippen molar-refractivity contribution in [3.8, 4) is 11.3 Å². The lowest BCUT2D eigenvalue weighted by Gasteiger charge is -2.06. The Morgan fingerprint density at radius 2 is 1.85 bits per heavy atom. The molecule has 3 amide bonds. The minimum Gasteiger partial charge on any atom is -0.480 e. The number of hydrogen-bond acceptors (Lipinski definition) is 5. The van der Waals surface area contributed by atoms with Crippen LogP contribution in [0.4, 0.5) is 4.79 Å². The summed E-state index contributed by atoms with van der Waals surface area (Å²) < 4.78 is 5.63. The summed E-state index contributed by atoms with van der Waals surface area (Å²) in [6.07, 6.45) is 1.33. The zero-order valence-corrected chi connectivity index (χ0v) is 13.7. The molecule has 1 aliphatic heterocycles. The second-order valence-corrected chi connectivity index (χ2v) is 5.61. The summed E-state index contributed by atoms with van der Waals surface area (Å²) in [4.78, 5) is 46.3. The predicted octanol–water partition coefficient (Wildman–Crippen LogP) is 2.13. The first-order chi connectivity index (χ1) is 12.3. The van der Waals surface area contributed by atoms with E-state index in [4.69, 9.17) is 9.52 Å². The minimum atomic E-state index is -1.29. The molecule has 0 saturated carbocycles. The Labute approximate surface area is 147 Å². The van der Waals surface area contributed by atoms with Crippen molar-refractivity contribution in [1.29, 1.82) is 0 Å². The first-order valence-corrected chi connectivity index (χ1v) is 7.62. The van der Waals surface area contributed by atoms with Crippen molar-refractivity contribution in [3.63, 3.8) is 0 Å². The first-order valence-electron chi connectivity index (χ1n) is 7.62. The molecular formula is C18H14N2O6. The summed E-state index contributed by atoms with van der Waals surface area (Å²) in [6, 6.07) is 9.35. The van der Waals surface area contributed by atoms with Crippen LogP contribution in [0.1, 0.15) is 23.0 Å². The Balaban J connectivity index is 1.81. The number of nitrogens with zero attached hydrogens (tertiary/aromatic N) is 1. The number of furan rings is 1. The number of urea groups is 1. The molecule has 1 saturated heterocycles. The molecule has 3 rings (SSSR count). The highest BCUT2D eigenvalue weighted by molar-refractivity contribution is 6.15. The summed E-state index contributed by atoms with van der Waals surface area (Å²) >= 11 is 0. The number of hydrogen-bond donors (Lipinski definition) is 2. The quantitative estimate of drug-likeness (QED) is 0.482. The lowest BCUT2D eigenvalue weighted by atomic mass is 10.1. The van der Waals surface area contributed by atoms with Crippen LogP contribution in [-0.2, 0) is 9.59 Å². The van der Waals surface area contributed by atoms with E-state index >= 15 is 0 Å². The molecule has 26 heavy (non-hydrogen) atoms. The number of carbonyl (C=O) groups is 4. The van der Waals surface area contributed by atoms with Crippen LogP contribution < -0.4 is 5.32 Å². The molecule has 1 fully saturated rings. The number of nitrogens with one attached hydrogen (secondary N) is 1. The van der Waals surface area contributed by atoms with Crippen LogP contribution in [0, 0.1) is 0 Å². The van der Waals surface area contributed by atoms with Gasteiger partial charge in [-0.1, -0.05) is 24.3 Å². The SMILES string of the molecule is CC(=O)c1ccc(-c2ccc(/C=C3/NC(=O)N(CC(=O)O)C3=O)o2)cc1. The summed E-state index contributed by atoms with van der Waals surface area (Å²) in [5, 5.41) is 11.0. The Kier molecular flexibility index (Phi) is 4.40. The number of carboxylic acids is 1. The van der Waals surface area contributed by atoms with Gasteiger partial charge in [-0.25, -0.2) is 9.69 Å².